The number of aromatic nitrogens is 2. The van der Waals surface area contributed by atoms with E-state index in [0.29, 0.717) is 16.7 Å². The number of nitrogens with zero attached hydrogens (tertiary/aromatic N) is 2. The number of fused-ring (bicyclic) bond motifs is 6. The third-order valence-corrected chi connectivity index (χ3v) is 13.5. The van der Waals surface area contributed by atoms with E-state index in [1.807, 2.05) is 66.7 Å². The molecule has 0 radical (unpaired) electrons. The van der Waals surface area contributed by atoms with Crippen LogP contribution >= 0.6 is 0 Å². The van der Waals surface area contributed by atoms with Gasteiger partial charge < -0.3 is 0 Å². The van der Waals surface area contributed by atoms with E-state index in [1.165, 1.54) is 9.55 Å². The summed E-state index contributed by atoms with van der Waals surface area (Å²) in [5.74, 6) is -0.750. The summed E-state index contributed by atoms with van der Waals surface area (Å²) in [6.45, 7) is 6.58. The van der Waals surface area contributed by atoms with Gasteiger partial charge in [-0.25, -0.2) is 24.8 Å². The van der Waals surface area contributed by atoms with Crippen LogP contribution in [0.1, 0.15) is 56.0 Å². The van der Waals surface area contributed by atoms with Crippen LogP contribution in [0, 0.1) is 11.3 Å². The smallest absolute Gasteiger partial charge is 0.237 e. The average Bonchev–Trinajstić information content (AvgIpc) is 3.70. The highest BCUT2D eigenvalue weighted by molar-refractivity contribution is 7.90. The molecule has 0 fully saturated rings. The molecule has 2 aromatic heterocycles. The van der Waals surface area contributed by atoms with E-state index in [9.17, 15) is 16.8 Å². The Morgan fingerprint density at radius 2 is 1.22 bits per heavy atom. The summed E-state index contributed by atoms with van der Waals surface area (Å²) in [5, 5.41) is 1.65. The van der Waals surface area contributed by atoms with Gasteiger partial charge in [0.2, 0.25) is 0 Å². The van der Waals surface area contributed by atoms with Gasteiger partial charge in [-0.2, -0.15) is 0 Å². The largest absolute Gasteiger partial charge is 0.268 e. The lowest BCUT2D eigenvalue weighted by atomic mass is 9.62. The molecule has 6 aromatic rings. The molecule has 2 aliphatic rings. The summed E-state index contributed by atoms with van der Waals surface area (Å²) in [5.41, 5.74) is 4.39. The van der Waals surface area contributed by atoms with Crippen LogP contribution in [-0.4, -0.2) is 24.8 Å². The number of para-hydroxylation sites is 2. The average molecular weight is 647 g/mol. The van der Waals surface area contributed by atoms with Crippen LogP contribution in [0.2, 0.25) is 0 Å². The van der Waals surface area contributed by atoms with Crippen molar-refractivity contribution in [3.05, 3.63) is 144 Å². The van der Waals surface area contributed by atoms with E-state index in [-0.39, 0.29) is 27.0 Å². The van der Waals surface area contributed by atoms with Crippen LogP contribution in [0.15, 0.2) is 137 Å². The number of benzene rings is 4. The van der Waals surface area contributed by atoms with E-state index in [0.717, 1.165) is 28.5 Å². The van der Waals surface area contributed by atoms with Gasteiger partial charge in [-0.15, -0.1) is 0 Å². The van der Waals surface area contributed by atoms with E-state index >= 15 is 0 Å². The molecule has 0 N–H and O–H groups in total. The first kappa shape index (κ1) is 29.0. The summed E-state index contributed by atoms with van der Waals surface area (Å²) in [4.78, 5) is 0.426. The molecule has 4 aromatic carbocycles. The van der Waals surface area contributed by atoms with Gasteiger partial charge in [0, 0.05) is 34.0 Å². The van der Waals surface area contributed by atoms with Crippen molar-refractivity contribution in [2.75, 3.05) is 0 Å². The monoisotopic (exact) mass is 646 g/mol. The van der Waals surface area contributed by atoms with Gasteiger partial charge in [0.15, 0.2) is 0 Å². The normalized spacial score (nSPS) is 20.8. The van der Waals surface area contributed by atoms with Crippen LogP contribution in [0.25, 0.3) is 21.8 Å². The molecule has 6 nitrogen and oxygen atoms in total. The molecule has 0 saturated carbocycles. The number of allylic oxidation sites excluding steroid dienone is 2. The first-order valence-corrected chi connectivity index (χ1v) is 18.4. The van der Waals surface area contributed by atoms with E-state index in [4.69, 9.17) is 0 Å². The van der Waals surface area contributed by atoms with Crippen molar-refractivity contribution in [2.45, 2.75) is 48.8 Å². The molecule has 232 valence electrons. The van der Waals surface area contributed by atoms with Crippen LogP contribution < -0.4 is 0 Å². The van der Waals surface area contributed by atoms with Crippen LogP contribution in [-0.2, 0) is 20.0 Å². The molecular weight excluding hydrogens is 613 g/mol. The predicted molar refractivity (Wildman–Crippen MR) is 182 cm³/mol. The Morgan fingerprint density at radius 3 is 1.87 bits per heavy atom. The lowest BCUT2D eigenvalue weighted by Gasteiger charge is -2.43. The molecule has 46 heavy (non-hydrogen) atoms. The second kappa shape index (κ2) is 10.0. The Balaban J connectivity index is 1.52. The Bertz CT molecular complexity index is 2420. The second-order valence-corrected chi connectivity index (χ2v) is 16.9. The first-order chi connectivity index (χ1) is 22.0. The Labute approximate surface area is 269 Å². The third kappa shape index (κ3) is 4.06. The fourth-order valence-corrected chi connectivity index (χ4v) is 11.6. The van der Waals surface area contributed by atoms with Gasteiger partial charge in [-0.05, 0) is 72.7 Å². The van der Waals surface area contributed by atoms with Gasteiger partial charge in [0.25, 0.3) is 20.0 Å². The Hall–Kier alpha value is -4.40. The SMILES string of the molecule is CC1=C[C@@H]2c3c(c4ccccc4n3S(=O)(=O)c3ccccc3)[C@@H](c3cc4ccccc4n3S(=O)(=O)c3ccccc3)[C@@H]2C(C)(C)C1. The zero-order valence-electron chi connectivity index (χ0n) is 25.8. The fourth-order valence-electron chi connectivity index (χ4n) is 8.40. The molecule has 0 amide bonds. The van der Waals surface area contributed by atoms with E-state index in [1.54, 1.807) is 52.5 Å². The maximum absolute atomic E-state index is 14.6. The van der Waals surface area contributed by atoms with Crippen molar-refractivity contribution in [1.82, 2.24) is 7.94 Å². The minimum atomic E-state index is -4.02. The van der Waals surface area contributed by atoms with Gasteiger partial charge in [0.1, 0.15) is 0 Å². The quantitative estimate of drug-likeness (QED) is 0.177. The summed E-state index contributed by atoms with van der Waals surface area (Å²) >= 11 is 0. The molecule has 0 bridgehead atoms. The summed E-state index contributed by atoms with van der Waals surface area (Å²) < 4.78 is 61.6. The van der Waals surface area contributed by atoms with Gasteiger partial charge in [-0.3, -0.25) is 0 Å². The molecule has 0 aliphatic heterocycles. The molecule has 8 rings (SSSR count). The zero-order valence-corrected chi connectivity index (χ0v) is 27.5. The molecule has 0 saturated heterocycles. The number of hydrogen-bond acceptors (Lipinski definition) is 4. The molecule has 2 aliphatic carbocycles. The highest BCUT2D eigenvalue weighted by atomic mass is 32.2. The van der Waals surface area contributed by atoms with Crippen LogP contribution in [0.5, 0.6) is 0 Å². The van der Waals surface area contributed by atoms with Crippen molar-refractivity contribution in [3.63, 3.8) is 0 Å². The van der Waals surface area contributed by atoms with Gasteiger partial charge >= 0.3 is 0 Å². The first-order valence-electron chi connectivity index (χ1n) is 15.5. The van der Waals surface area contributed by atoms with E-state index < -0.39 is 26.0 Å². The lowest BCUT2D eigenvalue weighted by Crippen LogP contribution is -2.35. The van der Waals surface area contributed by atoms with Gasteiger partial charge in [-0.1, -0.05) is 98.3 Å². The molecule has 2 heterocycles. The standard InChI is InChI=1S/C38H34N2O4S2/c1-25-22-30-36(38(2,3)24-25)35(33-23-26-14-10-12-20-31(26)39(33)45(41,42)27-15-6-4-7-16-27)34-29-19-11-13-21-32(29)40(37(30)34)46(43,44)28-17-8-5-9-18-28/h4-23,30,35-36H,24H2,1-3H3/t30-,35+,36+/m0/s1. The predicted octanol–water partition coefficient (Wildman–Crippen LogP) is 8.29. The van der Waals surface area contributed by atoms with Gasteiger partial charge in [0.05, 0.1) is 20.8 Å². The maximum Gasteiger partial charge on any atom is 0.268 e. The third-order valence-electron chi connectivity index (χ3n) is 9.96. The number of hydrogen-bond donors (Lipinski definition) is 0. The zero-order chi connectivity index (χ0) is 32.0. The minimum absolute atomic E-state index is 0.0999. The molecular formula is C38H34N2O4S2. The minimum Gasteiger partial charge on any atom is -0.237 e. The summed E-state index contributed by atoms with van der Waals surface area (Å²) in [6, 6.07) is 34.3. The van der Waals surface area contributed by atoms with Crippen molar-refractivity contribution >= 4 is 41.9 Å². The highest BCUT2D eigenvalue weighted by Crippen LogP contribution is 2.63. The summed E-state index contributed by atoms with van der Waals surface area (Å²) in [6.07, 6.45) is 3.05. The molecule has 8 heteroatoms. The van der Waals surface area contributed by atoms with Crippen molar-refractivity contribution in [2.24, 2.45) is 11.3 Å². The lowest BCUT2D eigenvalue weighted by molar-refractivity contribution is 0.170. The van der Waals surface area contributed by atoms with Crippen LogP contribution in [0.3, 0.4) is 0 Å². The van der Waals surface area contributed by atoms with Crippen molar-refractivity contribution in [1.29, 1.82) is 0 Å². The topological polar surface area (TPSA) is 78.1 Å². The Morgan fingerprint density at radius 1 is 0.674 bits per heavy atom. The fraction of sp³-hybridized carbons (Fsp3) is 0.211. The second-order valence-electron chi connectivity index (χ2n) is 13.3. The van der Waals surface area contributed by atoms with Crippen molar-refractivity contribution in [3.8, 4) is 0 Å². The van der Waals surface area contributed by atoms with Crippen LogP contribution in [0.4, 0.5) is 0 Å². The van der Waals surface area contributed by atoms with Crippen molar-refractivity contribution < 1.29 is 16.8 Å². The summed E-state index contributed by atoms with van der Waals surface area (Å²) in [7, 11) is -8.02. The molecule has 3 atom stereocenters. The van der Waals surface area contributed by atoms with E-state index in [2.05, 4.69) is 26.8 Å². The number of rotatable bonds is 5. The highest BCUT2D eigenvalue weighted by Gasteiger charge is 2.54. The molecule has 0 spiro atoms. The molecule has 0 unspecified atom stereocenters. The maximum atomic E-state index is 14.6. The Kier molecular flexibility index (Phi) is 6.34.